The summed E-state index contributed by atoms with van der Waals surface area (Å²) in [6.07, 6.45) is -4.68. The summed E-state index contributed by atoms with van der Waals surface area (Å²) < 4.78 is 110. The molecule has 3 rings (SSSR count). The summed E-state index contributed by atoms with van der Waals surface area (Å²) >= 11 is 0. The quantitative estimate of drug-likeness (QED) is 0.352. The second-order valence-electron chi connectivity index (χ2n) is 4.94. The van der Waals surface area contributed by atoms with Gasteiger partial charge < -0.3 is 4.42 Å². The standard InChI is InChI=1S/C15H4F8N2O/c16-8-7(9(17)11(19)12(20)10(8)18)14-25-24-13(26-14)5-2-1-3-6(4-5)15(21,22)23/h1-4H. The molecule has 1 aromatic heterocycles. The van der Waals surface area contributed by atoms with Gasteiger partial charge in [-0.05, 0) is 18.2 Å². The van der Waals surface area contributed by atoms with Crippen molar-refractivity contribution in [2.75, 3.05) is 0 Å². The maximum Gasteiger partial charge on any atom is 0.416 e. The van der Waals surface area contributed by atoms with Crippen molar-refractivity contribution in [3.05, 3.63) is 58.9 Å². The molecule has 3 aromatic rings. The van der Waals surface area contributed by atoms with Gasteiger partial charge in [-0.15, -0.1) is 10.2 Å². The highest BCUT2D eigenvalue weighted by atomic mass is 19.4. The van der Waals surface area contributed by atoms with E-state index >= 15 is 0 Å². The van der Waals surface area contributed by atoms with Crippen LogP contribution in [0.2, 0.25) is 0 Å². The maximum absolute atomic E-state index is 13.7. The summed E-state index contributed by atoms with van der Waals surface area (Å²) in [7, 11) is 0. The zero-order valence-corrected chi connectivity index (χ0v) is 12.1. The van der Waals surface area contributed by atoms with Gasteiger partial charge in [-0.3, -0.25) is 0 Å². The van der Waals surface area contributed by atoms with Crippen LogP contribution in [0.5, 0.6) is 0 Å². The molecule has 2 aromatic carbocycles. The van der Waals surface area contributed by atoms with Crippen LogP contribution in [0.25, 0.3) is 22.9 Å². The van der Waals surface area contributed by atoms with Crippen LogP contribution in [0.3, 0.4) is 0 Å². The summed E-state index contributed by atoms with van der Waals surface area (Å²) in [5, 5.41) is 6.45. The maximum atomic E-state index is 13.7. The van der Waals surface area contributed by atoms with Crippen molar-refractivity contribution in [3.63, 3.8) is 0 Å². The molecule has 11 heteroatoms. The van der Waals surface area contributed by atoms with Crippen molar-refractivity contribution in [1.29, 1.82) is 0 Å². The van der Waals surface area contributed by atoms with Gasteiger partial charge in [-0.1, -0.05) is 6.07 Å². The number of alkyl halides is 3. The Labute approximate surface area is 138 Å². The Balaban J connectivity index is 2.11. The number of hydrogen-bond donors (Lipinski definition) is 0. The molecule has 0 atom stereocenters. The van der Waals surface area contributed by atoms with Crippen LogP contribution in [0.1, 0.15) is 5.56 Å². The number of nitrogens with zero attached hydrogens (tertiary/aromatic N) is 2. The fourth-order valence-electron chi connectivity index (χ4n) is 2.06. The van der Waals surface area contributed by atoms with Gasteiger partial charge in [-0.25, -0.2) is 22.0 Å². The van der Waals surface area contributed by atoms with E-state index in [2.05, 4.69) is 10.2 Å². The topological polar surface area (TPSA) is 38.9 Å². The van der Waals surface area contributed by atoms with Gasteiger partial charge in [0, 0.05) is 5.56 Å². The first-order valence-corrected chi connectivity index (χ1v) is 6.64. The Morgan fingerprint density at radius 1 is 0.731 bits per heavy atom. The third-order valence-electron chi connectivity index (χ3n) is 3.29. The van der Waals surface area contributed by atoms with E-state index < -0.39 is 58.2 Å². The van der Waals surface area contributed by atoms with Crippen molar-refractivity contribution >= 4 is 0 Å². The van der Waals surface area contributed by atoms with Gasteiger partial charge in [0.05, 0.1) is 5.56 Å². The van der Waals surface area contributed by atoms with Crippen molar-refractivity contribution in [2.24, 2.45) is 0 Å². The van der Waals surface area contributed by atoms with E-state index in [9.17, 15) is 35.1 Å². The SMILES string of the molecule is Fc1c(F)c(F)c(-c2nnc(-c3cccc(C(F)(F)F)c3)o2)c(F)c1F. The first-order chi connectivity index (χ1) is 12.1. The summed E-state index contributed by atoms with van der Waals surface area (Å²) in [5.41, 5.74) is -2.81. The summed E-state index contributed by atoms with van der Waals surface area (Å²) in [5.74, 6) is -12.9. The molecule has 0 radical (unpaired) electrons. The minimum atomic E-state index is -4.68. The van der Waals surface area contributed by atoms with Crippen LogP contribution < -0.4 is 0 Å². The van der Waals surface area contributed by atoms with Gasteiger partial charge in [0.1, 0.15) is 5.56 Å². The fourth-order valence-corrected chi connectivity index (χ4v) is 2.06. The molecule has 0 N–H and O–H groups in total. The Morgan fingerprint density at radius 3 is 1.85 bits per heavy atom. The minimum absolute atomic E-state index is 0.262. The molecule has 0 unspecified atom stereocenters. The summed E-state index contributed by atoms with van der Waals surface area (Å²) in [6.45, 7) is 0. The third-order valence-corrected chi connectivity index (χ3v) is 3.29. The highest BCUT2D eigenvalue weighted by Gasteiger charge is 2.32. The number of halogens is 8. The number of benzene rings is 2. The van der Waals surface area contributed by atoms with Crippen LogP contribution >= 0.6 is 0 Å². The highest BCUT2D eigenvalue weighted by Crippen LogP contribution is 2.34. The van der Waals surface area contributed by atoms with E-state index in [1.54, 1.807) is 0 Å². The van der Waals surface area contributed by atoms with Crippen molar-refractivity contribution < 1.29 is 39.5 Å². The third kappa shape index (κ3) is 2.89. The second-order valence-corrected chi connectivity index (χ2v) is 4.94. The molecular formula is C15H4F8N2O. The van der Waals surface area contributed by atoms with Crippen LogP contribution in [0.4, 0.5) is 35.1 Å². The Bertz CT molecular complexity index is 967. The first kappa shape index (κ1) is 17.8. The molecule has 1 heterocycles. The summed E-state index contributed by atoms with van der Waals surface area (Å²) in [6, 6.07) is 3.52. The molecule has 0 aliphatic carbocycles. The molecule has 0 saturated heterocycles. The zero-order valence-electron chi connectivity index (χ0n) is 12.1. The van der Waals surface area contributed by atoms with Gasteiger partial charge in [0.15, 0.2) is 23.3 Å². The molecule has 0 saturated carbocycles. The number of hydrogen-bond acceptors (Lipinski definition) is 3. The Hall–Kier alpha value is -2.98. The molecule has 0 aliphatic heterocycles. The van der Waals surface area contributed by atoms with Gasteiger partial charge in [0.2, 0.25) is 11.7 Å². The van der Waals surface area contributed by atoms with Crippen molar-refractivity contribution in [3.8, 4) is 22.9 Å². The molecule has 0 aliphatic rings. The van der Waals surface area contributed by atoms with Crippen molar-refractivity contribution in [2.45, 2.75) is 6.18 Å². The predicted molar refractivity (Wildman–Crippen MR) is 70.0 cm³/mol. The Kier molecular flexibility index (Phi) is 4.17. The van der Waals surface area contributed by atoms with Crippen LogP contribution in [-0.4, -0.2) is 10.2 Å². The van der Waals surface area contributed by atoms with E-state index in [1.807, 2.05) is 0 Å². The fraction of sp³-hybridized carbons (Fsp3) is 0.0667. The van der Waals surface area contributed by atoms with Crippen LogP contribution in [0, 0.1) is 29.1 Å². The zero-order chi connectivity index (χ0) is 19.2. The van der Waals surface area contributed by atoms with E-state index in [1.165, 1.54) is 0 Å². The minimum Gasteiger partial charge on any atom is -0.416 e. The molecule has 0 spiro atoms. The molecule has 0 amide bonds. The van der Waals surface area contributed by atoms with Crippen LogP contribution in [0.15, 0.2) is 28.7 Å². The van der Waals surface area contributed by atoms with E-state index in [0.717, 1.165) is 18.2 Å². The monoisotopic (exact) mass is 380 g/mol. The van der Waals surface area contributed by atoms with Gasteiger partial charge in [-0.2, -0.15) is 13.2 Å². The normalized spacial score (nSPS) is 11.8. The number of rotatable bonds is 2. The van der Waals surface area contributed by atoms with Gasteiger partial charge in [0.25, 0.3) is 5.89 Å². The molecule has 3 nitrogen and oxygen atoms in total. The number of aromatic nitrogens is 2. The van der Waals surface area contributed by atoms with Gasteiger partial charge >= 0.3 is 6.18 Å². The lowest BCUT2D eigenvalue weighted by Gasteiger charge is -2.06. The van der Waals surface area contributed by atoms with Crippen molar-refractivity contribution in [1.82, 2.24) is 10.2 Å². The smallest absolute Gasteiger partial charge is 0.416 e. The lowest BCUT2D eigenvalue weighted by molar-refractivity contribution is -0.137. The summed E-state index contributed by atoms with van der Waals surface area (Å²) in [4.78, 5) is 0. The lowest BCUT2D eigenvalue weighted by atomic mass is 10.1. The molecule has 26 heavy (non-hydrogen) atoms. The second kappa shape index (κ2) is 6.07. The predicted octanol–water partition coefficient (Wildman–Crippen LogP) is 5.12. The molecule has 0 bridgehead atoms. The van der Waals surface area contributed by atoms with E-state index in [0.29, 0.717) is 6.07 Å². The largest absolute Gasteiger partial charge is 0.416 e. The first-order valence-electron chi connectivity index (χ1n) is 6.64. The highest BCUT2D eigenvalue weighted by molar-refractivity contribution is 5.60. The molecule has 136 valence electrons. The van der Waals surface area contributed by atoms with E-state index in [4.69, 9.17) is 4.42 Å². The van der Waals surface area contributed by atoms with E-state index in [-0.39, 0.29) is 5.56 Å². The van der Waals surface area contributed by atoms with Crippen LogP contribution in [-0.2, 0) is 6.18 Å². The average molecular weight is 380 g/mol. The Morgan fingerprint density at radius 2 is 1.27 bits per heavy atom. The molecular weight excluding hydrogens is 376 g/mol. The molecule has 0 fully saturated rings. The average Bonchev–Trinajstić information content (AvgIpc) is 3.07. The lowest BCUT2D eigenvalue weighted by Crippen LogP contribution is -2.04.